The van der Waals surface area contributed by atoms with E-state index in [4.69, 9.17) is 17.0 Å². The van der Waals surface area contributed by atoms with E-state index in [1.807, 2.05) is 32.0 Å². The molecule has 1 saturated heterocycles. The Bertz CT molecular complexity index is 587. The Labute approximate surface area is 131 Å². The Kier molecular flexibility index (Phi) is 4.77. The van der Waals surface area contributed by atoms with Crippen molar-refractivity contribution in [1.82, 2.24) is 10.2 Å². The standard InChI is InChI=1S/C14H15BrN2O2S/c1-3-17-13(18)11(16-14(17)20)8-9-7-10(15)5-6-12(9)19-4-2/h5-8H,3-4H2,1-2H3,(H,16,20)/b11-8-. The van der Waals surface area contributed by atoms with Gasteiger partial charge < -0.3 is 10.1 Å². The first-order valence-electron chi connectivity index (χ1n) is 6.33. The average Bonchev–Trinajstić information content (AvgIpc) is 2.67. The molecule has 0 unspecified atom stereocenters. The summed E-state index contributed by atoms with van der Waals surface area (Å²) in [6, 6.07) is 5.68. The summed E-state index contributed by atoms with van der Waals surface area (Å²) in [7, 11) is 0. The van der Waals surface area contributed by atoms with Crippen molar-refractivity contribution >= 4 is 45.2 Å². The molecule has 1 heterocycles. The molecular weight excluding hydrogens is 340 g/mol. The first-order valence-corrected chi connectivity index (χ1v) is 7.53. The first kappa shape index (κ1) is 15.0. The minimum atomic E-state index is -0.111. The molecule has 1 aliphatic rings. The Morgan fingerprint density at radius 3 is 2.80 bits per heavy atom. The number of thiocarbonyl (C=S) groups is 1. The molecule has 2 rings (SSSR count). The number of nitrogens with one attached hydrogen (secondary N) is 1. The zero-order valence-electron chi connectivity index (χ0n) is 11.3. The smallest absolute Gasteiger partial charge is 0.276 e. The summed E-state index contributed by atoms with van der Waals surface area (Å²) < 4.78 is 6.49. The quantitative estimate of drug-likeness (QED) is 0.666. The number of likely N-dealkylation sites (N-methyl/N-ethyl adjacent to an activating group) is 1. The molecule has 0 atom stereocenters. The van der Waals surface area contributed by atoms with E-state index in [9.17, 15) is 4.79 Å². The number of carbonyl (C=O) groups excluding carboxylic acids is 1. The lowest BCUT2D eigenvalue weighted by Gasteiger charge is -2.09. The van der Waals surface area contributed by atoms with Gasteiger partial charge in [0.1, 0.15) is 11.4 Å². The molecule has 0 saturated carbocycles. The molecule has 1 N–H and O–H groups in total. The molecule has 0 radical (unpaired) electrons. The van der Waals surface area contributed by atoms with E-state index < -0.39 is 0 Å². The molecule has 0 spiro atoms. The summed E-state index contributed by atoms with van der Waals surface area (Å²) in [6.45, 7) is 4.93. The Morgan fingerprint density at radius 1 is 1.45 bits per heavy atom. The van der Waals surface area contributed by atoms with E-state index in [0.29, 0.717) is 24.0 Å². The van der Waals surface area contributed by atoms with Crippen LogP contribution in [0.25, 0.3) is 6.08 Å². The van der Waals surface area contributed by atoms with Crippen LogP contribution in [-0.4, -0.2) is 29.1 Å². The number of benzene rings is 1. The van der Waals surface area contributed by atoms with Crippen molar-refractivity contribution in [2.75, 3.05) is 13.2 Å². The van der Waals surface area contributed by atoms with E-state index in [2.05, 4.69) is 21.2 Å². The number of hydrogen-bond donors (Lipinski definition) is 1. The van der Waals surface area contributed by atoms with Gasteiger partial charge in [-0.25, -0.2) is 0 Å². The second-order valence-corrected chi connectivity index (χ2v) is 5.46. The number of ether oxygens (including phenoxy) is 1. The van der Waals surface area contributed by atoms with Gasteiger partial charge in [-0.15, -0.1) is 0 Å². The van der Waals surface area contributed by atoms with Crippen LogP contribution in [0.2, 0.25) is 0 Å². The number of rotatable bonds is 4. The van der Waals surface area contributed by atoms with Gasteiger partial charge in [-0.1, -0.05) is 15.9 Å². The van der Waals surface area contributed by atoms with Gasteiger partial charge in [0, 0.05) is 16.6 Å². The fourth-order valence-corrected chi connectivity index (χ4v) is 2.63. The van der Waals surface area contributed by atoms with Crippen LogP contribution in [0.1, 0.15) is 19.4 Å². The third-order valence-corrected chi connectivity index (χ3v) is 3.67. The van der Waals surface area contributed by atoms with Gasteiger partial charge in [0.15, 0.2) is 5.11 Å². The predicted molar refractivity (Wildman–Crippen MR) is 86.4 cm³/mol. The number of nitrogens with zero attached hydrogens (tertiary/aromatic N) is 1. The zero-order chi connectivity index (χ0) is 14.7. The summed E-state index contributed by atoms with van der Waals surface area (Å²) in [4.78, 5) is 13.7. The van der Waals surface area contributed by atoms with Crippen LogP contribution in [0.15, 0.2) is 28.4 Å². The molecule has 106 valence electrons. The molecule has 0 bridgehead atoms. The summed E-state index contributed by atoms with van der Waals surface area (Å²) in [6.07, 6.45) is 1.76. The molecule has 6 heteroatoms. The highest BCUT2D eigenvalue weighted by molar-refractivity contribution is 9.10. The number of hydrogen-bond acceptors (Lipinski definition) is 3. The van der Waals surface area contributed by atoms with Crippen LogP contribution in [0, 0.1) is 0 Å². The van der Waals surface area contributed by atoms with Crippen molar-refractivity contribution in [1.29, 1.82) is 0 Å². The van der Waals surface area contributed by atoms with E-state index in [-0.39, 0.29) is 5.91 Å². The Hall–Kier alpha value is -1.40. The lowest BCUT2D eigenvalue weighted by molar-refractivity contribution is -0.122. The number of amides is 1. The van der Waals surface area contributed by atoms with Crippen molar-refractivity contribution < 1.29 is 9.53 Å². The molecule has 20 heavy (non-hydrogen) atoms. The van der Waals surface area contributed by atoms with E-state index in [1.165, 1.54) is 4.90 Å². The topological polar surface area (TPSA) is 41.6 Å². The minimum Gasteiger partial charge on any atom is -0.493 e. The summed E-state index contributed by atoms with van der Waals surface area (Å²) in [5.41, 5.74) is 1.30. The van der Waals surface area contributed by atoms with Gasteiger partial charge in [-0.2, -0.15) is 0 Å². The fraction of sp³-hybridized carbons (Fsp3) is 0.286. The molecule has 1 fully saturated rings. The SMILES string of the molecule is CCOc1ccc(Br)cc1/C=C1\NC(=S)N(CC)C1=O. The van der Waals surface area contributed by atoms with Crippen LogP contribution in [-0.2, 0) is 4.79 Å². The lowest BCUT2D eigenvalue weighted by atomic mass is 10.1. The van der Waals surface area contributed by atoms with Crippen molar-refractivity contribution in [3.63, 3.8) is 0 Å². The minimum absolute atomic E-state index is 0.111. The maximum atomic E-state index is 12.2. The fourth-order valence-electron chi connectivity index (χ4n) is 1.93. The Morgan fingerprint density at radius 2 is 2.20 bits per heavy atom. The van der Waals surface area contributed by atoms with Crippen LogP contribution < -0.4 is 10.1 Å². The van der Waals surface area contributed by atoms with Gasteiger partial charge in [0.25, 0.3) is 5.91 Å². The second-order valence-electron chi connectivity index (χ2n) is 4.15. The lowest BCUT2D eigenvalue weighted by Crippen LogP contribution is -2.30. The van der Waals surface area contributed by atoms with Crippen molar-refractivity contribution in [3.8, 4) is 5.75 Å². The number of halogens is 1. The molecule has 0 aromatic heterocycles. The number of carbonyl (C=O) groups is 1. The van der Waals surface area contributed by atoms with Crippen LogP contribution in [0.5, 0.6) is 5.75 Å². The van der Waals surface area contributed by atoms with E-state index in [0.717, 1.165) is 15.8 Å². The Balaban J connectivity index is 2.38. The maximum Gasteiger partial charge on any atom is 0.276 e. The van der Waals surface area contributed by atoms with E-state index in [1.54, 1.807) is 6.08 Å². The predicted octanol–water partition coefficient (Wildman–Crippen LogP) is 2.93. The van der Waals surface area contributed by atoms with Crippen molar-refractivity contribution in [2.45, 2.75) is 13.8 Å². The highest BCUT2D eigenvalue weighted by Crippen LogP contribution is 2.26. The highest BCUT2D eigenvalue weighted by Gasteiger charge is 2.29. The van der Waals surface area contributed by atoms with Crippen molar-refractivity contribution in [3.05, 3.63) is 33.9 Å². The molecule has 4 nitrogen and oxygen atoms in total. The zero-order valence-corrected chi connectivity index (χ0v) is 13.7. The van der Waals surface area contributed by atoms with Crippen LogP contribution in [0.3, 0.4) is 0 Å². The van der Waals surface area contributed by atoms with Gasteiger partial charge in [0.05, 0.1) is 6.61 Å². The maximum absolute atomic E-state index is 12.2. The van der Waals surface area contributed by atoms with Gasteiger partial charge in [0.2, 0.25) is 0 Å². The van der Waals surface area contributed by atoms with Crippen LogP contribution >= 0.6 is 28.1 Å². The molecule has 1 aromatic rings. The first-order chi connectivity index (χ1) is 9.56. The van der Waals surface area contributed by atoms with Gasteiger partial charge in [-0.05, 0) is 50.3 Å². The monoisotopic (exact) mass is 354 g/mol. The van der Waals surface area contributed by atoms with Gasteiger partial charge in [-0.3, -0.25) is 9.69 Å². The second kappa shape index (κ2) is 6.37. The summed E-state index contributed by atoms with van der Waals surface area (Å²) in [5, 5.41) is 3.38. The summed E-state index contributed by atoms with van der Waals surface area (Å²) >= 11 is 8.56. The summed E-state index contributed by atoms with van der Waals surface area (Å²) in [5.74, 6) is 0.624. The molecular formula is C14H15BrN2O2S. The van der Waals surface area contributed by atoms with Gasteiger partial charge >= 0.3 is 0 Å². The van der Waals surface area contributed by atoms with Crippen LogP contribution in [0.4, 0.5) is 0 Å². The third-order valence-electron chi connectivity index (χ3n) is 2.85. The van der Waals surface area contributed by atoms with E-state index >= 15 is 0 Å². The normalized spacial score (nSPS) is 16.8. The highest BCUT2D eigenvalue weighted by atomic mass is 79.9. The van der Waals surface area contributed by atoms with Crippen molar-refractivity contribution in [2.24, 2.45) is 0 Å². The third kappa shape index (κ3) is 3.02. The molecule has 0 aliphatic carbocycles. The average molecular weight is 355 g/mol. The molecule has 1 aromatic carbocycles. The molecule has 1 amide bonds. The molecule has 1 aliphatic heterocycles. The largest absolute Gasteiger partial charge is 0.493 e.